The van der Waals surface area contributed by atoms with Gasteiger partial charge in [0.15, 0.2) is 0 Å². The van der Waals surface area contributed by atoms with Crippen molar-refractivity contribution in [2.45, 2.75) is 20.3 Å². The zero-order chi connectivity index (χ0) is 17.1. The van der Waals surface area contributed by atoms with Gasteiger partial charge in [-0.1, -0.05) is 32.0 Å². The van der Waals surface area contributed by atoms with Gasteiger partial charge in [0.25, 0.3) is 11.8 Å². The van der Waals surface area contributed by atoms with E-state index in [0.717, 1.165) is 5.56 Å². The first-order chi connectivity index (χ1) is 11.4. The third kappa shape index (κ3) is 1.91. The van der Waals surface area contributed by atoms with Crippen LogP contribution in [0.4, 0.5) is 11.4 Å². The molecular weight excluding hydrogens is 304 g/mol. The Bertz CT molecular complexity index is 880. The van der Waals surface area contributed by atoms with E-state index in [-0.39, 0.29) is 17.7 Å². The van der Waals surface area contributed by atoms with Crippen molar-refractivity contribution >= 4 is 29.1 Å². The molecule has 0 radical (unpaired) electrons. The summed E-state index contributed by atoms with van der Waals surface area (Å²) in [6.07, 6.45) is 0.470. The van der Waals surface area contributed by atoms with Crippen molar-refractivity contribution in [3.05, 3.63) is 59.2 Å². The molecule has 24 heavy (non-hydrogen) atoms. The Morgan fingerprint density at radius 2 is 1.54 bits per heavy atom. The largest absolute Gasteiger partial charge is 0.325 e. The van der Waals surface area contributed by atoms with Gasteiger partial charge in [0.1, 0.15) is 0 Å². The summed E-state index contributed by atoms with van der Waals surface area (Å²) in [5.74, 6) is -0.702. The maximum absolute atomic E-state index is 12.7. The minimum Gasteiger partial charge on any atom is -0.325 e. The predicted molar refractivity (Wildman–Crippen MR) is 90.1 cm³/mol. The topological polar surface area (TPSA) is 66.5 Å². The first kappa shape index (κ1) is 14.6. The Morgan fingerprint density at radius 3 is 2.17 bits per heavy atom. The van der Waals surface area contributed by atoms with Crippen LogP contribution < -0.4 is 10.2 Å². The van der Waals surface area contributed by atoms with E-state index in [1.807, 2.05) is 13.8 Å². The van der Waals surface area contributed by atoms with Gasteiger partial charge in [-0.25, -0.2) is 4.90 Å². The maximum Gasteiger partial charge on any atom is 0.266 e. The monoisotopic (exact) mass is 320 g/mol. The highest BCUT2D eigenvalue weighted by Crippen LogP contribution is 2.40. The third-order valence-corrected chi connectivity index (χ3v) is 4.67. The van der Waals surface area contributed by atoms with E-state index in [1.54, 1.807) is 42.5 Å². The van der Waals surface area contributed by atoms with Gasteiger partial charge in [-0.05, 0) is 30.7 Å². The molecule has 0 atom stereocenters. The van der Waals surface area contributed by atoms with E-state index < -0.39 is 5.41 Å². The quantitative estimate of drug-likeness (QED) is 0.821. The molecule has 1 N–H and O–H groups in total. The van der Waals surface area contributed by atoms with E-state index in [1.165, 1.54) is 4.90 Å². The molecule has 5 heteroatoms. The first-order valence-electron chi connectivity index (χ1n) is 7.81. The molecule has 0 saturated heterocycles. The Balaban J connectivity index is 1.86. The van der Waals surface area contributed by atoms with Gasteiger partial charge in [0.05, 0.1) is 16.8 Å². The highest BCUT2D eigenvalue weighted by atomic mass is 16.2. The number of nitrogens with zero attached hydrogens (tertiary/aromatic N) is 1. The molecule has 3 amide bonds. The second-order valence-electron chi connectivity index (χ2n) is 6.81. The van der Waals surface area contributed by atoms with Gasteiger partial charge < -0.3 is 5.32 Å². The normalized spacial score (nSPS) is 18.2. The van der Waals surface area contributed by atoms with Gasteiger partial charge in [0, 0.05) is 16.7 Å². The number of hydrogen-bond donors (Lipinski definition) is 1. The molecule has 2 heterocycles. The summed E-state index contributed by atoms with van der Waals surface area (Å²) in [5, 5.41) is 2.88. The van der Waals surface area contributed by atoms with E-state index in [4.69, 9.17) is 0 Å². The highest BCUT2D eigenvalue weighted by Gasteiger charge is 2.41. The van der Waals surface area contributed by atoms with E-state index in [9.17, 15) is 14.4 Å². The fourth-order valence-electron chi connectivity index (χ4n) is 3.31. The number of nitrogens with one attached hydrogen (secondary N) is 1. The predicted octanol–water partition coefficient (Wildman–Crippen LogP) is 3.01. The number of fused-ring (bicyclic) bond motifs is 2. The van der Waals surface area contributed by atoms with Crippen LogP contribution in [0.25, 0.3) is 0 Å². The highest BCUT2D eigenvalue weighted by molar-refractivity contribution is 6.34. The minimum absolute atomic E-state index is 0.0606. The minimum atomic E-state index is -0.595. The molecule has 2 aliphatic heterocycles. The summed E-state index contributed by atoms with van der Waals surface area (Å²) >= 11 is 0. The van der Waals surface area contributed by atoms with Crippen molar-refractivity contribution < 1.29 is 14.4 Å². The van der Waals surface area contributed by atoms with Crippen molar-refractivity contribution in [2.24, 2.45) is 5.41 Å². The lowest BCUT2D eigenvalue weighted by Gasteiger charge is -2.33. The van der Waals surface area contributed by atoms with Gasteiger partial charge in [-0.3, -0.25) is 14.4 Å². The Kier molecular flexibility index (Phi) is 2.91. The summed E-state index contributed by atoms with van der Waals surface area (Å²) in [6, 6.07) is 12.1. The number of carbonyl (C=O) groups excluding carboxylic acids is 3. The van der Waals surface area contributed by atoms with Crippen molar-refractivity contribution in [1.29, 1.82) is 0 Å². The van der Waals surface area contributed by atoms with E-state index >= 15 is 0 Å². The second kappa shape index (κ2) is 4.77. The number of hydrogen-bond acceptors (Lipinski definition) is 3. The van der Waals surface area contributed by atoms with Crippen molar-refractivity contribution in [3.63, 3.8) is 0 Å². The van der Waals surface area contributed by atoms with Gasteiger partial charge in [0.2, 0.25) is 5.91 Å². The van der Waals surface area contributed by atoms with Gasteiger partial charge in [-0.2, -0.15) is 0 Å². The Morgan fingerprint density at radius 1 is 0.917 bits per heavy atom. The standard InChI is InChI=1S/C19H16N2O3/c1-19(2)10-13-14(20-18(19)24)8-5-9-15(13)21-16(22)11-6-3-4-7-12(11)17(21)23/h3-9H,10H2,1-2H3,(H,20,24). The molecule has 0 spiro atoms. The molecule has 0 aromatic heterocycles. The molecule has 2 aromatic rings. The number of imide groups is 1. The van der Waals surface area contributed by atoms with Crippen LogP contribution in [0.5, 0.6) is 0 Å². The number of amides is 3. The van der Waals surface area contributed by atoms with Crippen LogP contribution in [0.1, 0.15) is 40.1 Å². The zero-order valence-corrected chi connectivity index (χ0v) is 13.4. The summed E-state index contributed by atoms with van der Waals surface area (Å²) in [4.78, 5) is 38.9. The average Bonchev–Trinajstić information content (AvgIpc) is 2.80. The molecule has 2 aromatic carbocycles. The van der Waals surface area contributed by atoms with E-state index in [0.29, 0.717) is 28.9 Å². The average molecular weight is 320 g/mol. The second-order valence-corrected chi connectivity index (χ2v) is 6.81. The molecule has 2 aliphatic rings. The molecule has 0 unspecified atom stereocenters. The number of rotatable bonds is 1. The number of benzene rings is 2. The fraction of sp³-hybridized carbons (Fsp3) is 0.211. The molecule has 0 saturated carbocycles. The number of carbonyl (C=O) groups is 3. The van der Waals surface area contributed by atoms with Crippen LogP contribution in [-0.2, 0) is 11.2 Å². The fourth-order valence-corrected chi connectivity index (χ4v) is 3.31. The van der Waals surface area contributed by atoms with Crippen LogP contribution in [0.15, 0.2) is 42.5 Å². The lowest BCUT2D eigenvalue weighted by molar-refractivity contribution is -0.124. The summed E-state index contributed by atoms with van der Waals surface area (Å²) < 4.78 is 0. The van der Waals surface area contributed by atoms with Crippen molar-refractivity contribution in [2.75, 3.05) is 10.2 Å². The molecule has 120 valence electrons. The maximum atomic E-state index is 12.7. The SMILES string of the molecule is CC1(C)Cc2c(cccc2N2C(=O)c3ccccc3C2=O)NC1=O. The summed E-state index contributed by atoms with van der Waals surface area (Å²) in [5.41, 5.74) is 2.26. The summed E-state index contributed by atoms with van der Waals surface area (Å²) in [7, 11) is 0. The van der Waals surface area contributed by atoms with Crippen LogP contribution in [-0.4, -0.2) is 17.7 Å². The lowest BCUT2D eigenvalue weighted by atomic mass is 9.80. The number of anilines is 2. The van der Waals surface area contributed by atoms with Gasteiger partial charge >= 0.3 is 0 Å². The van der Waals surface area contributed by atoms with Crippen molar-refractivity contribution in [1.82, 2.24) is 0 Å². The smallest absolute Gasteiger partial charge is 0.266 e. The van der Waals surface area contributed by atoms with Crippen LogP contribution in [0.2, 0.25) is 0 Å². The van der Waals surface area contributed by atoms with Crippen molar-refractivity contribution in [3.8, 4) is 0 Å². The van der Waals surface area contributed by atoms with Gasteiger partial charge in [-0.15, -0.1) is 0 Å². The van der Waals surface area contributed by atoms with Crippen LogP contribution >= 0.6 is 0 Å². The lowest BCUT2D eigenvalue weighted by Crippen LogP contribution is -2.39. The summed E-state index contributed by atoms with van der Waals surface area (Å²) in [6.45, 7) is 3.70. The Hall–Kier alpha value is -2.95. The molecule has 5 nitrogen and oxygen atoms in total. The molecule has 4 rings (SSSR count). The molecule has 0 bridgehead atoms. The first-order valence-corrected chi connectivity index (χ1v) is 7.81. The molecule has 0 fully saturated rings. The van der Waals surface area contributed by atoms with Crippen LogP contribution in [0, 0.1) is 5.41 Å². The molecule has 0 aliphatic carbocycles. The van der Waals surface area contributed by atoms with E-state index in [2.05, 4.69) is 5.32 Å². The third-order valence-electron chi connectivity index (χ3n) is 4.67. The zero-order valence-electron chi connectivity index (χ0n) is 13.4. The molecular formula is C19H16N2O3. The van der Waals surface area contributed by atoms with Crippen LogP contribution in [0.3, 0.4) is 0 Å². The Labute approximate surface area is 139 Å².